The number of hydrogen-bond donors (Lipinski definition) is 3. The zero-order valence-corrected chi connectivity index (χ0v) is 16.8. The summed E-state index contributed by atoms with van der Waals surface area (Å²) in [6.45, 7) is -0.0939. The average molecular weight is 420 g/mol. The van der Waals surface area contributed by atoms with Gasteiger partial charge < -0.3 is 20.3 Å². The molecule has 1 atom stereocenters. The van der Waals surface area contributed by atoms with Crippen LogP contribution < -0.4 is 10.6 Å². The monoisotopic (exact) mass is 420 g/mol. The van der Waals surface area contributed by atoms with Crippen molar-refractivity contribution in [3.8, 4) is 5.13 Å². The molecule has 0 aliphatic carbocycles. The summed E-state index contributed by atoms with van der Waals surface area (Å²) < 4.78 is 2.81. The molecule has 3 N–H and O–H groups in total. The summed E-state index contributed by atoms with van der Waals surface area (Å²) in [6.07, 6.45) is 3.03. The maximum absolute atomic E-state index is 12.4. The number of aliphatic hydroxyl groups is 1. The molecule has 0 unspecified atom stereocenters. The molecule has 4 rings (SSSR count). The van der Waals surface area contributed by atoms with Crippen molar-refractivity contribution in [2.24, 2.45) is 0 Å². The molecule has 0 aliphatic heterocycles. The molecule has 30 heavy (non-hydrogen) atoms. The SMILES string of the molecule is O=C(CNC(=O)c1ccc2nc(-n3cccc3)sc2c1)NC[C@H](O)c1ccccc1. The highest BCUT2D eigenvalue weighted by Gasteiger charge is 2.13. The van der Waals surface area contributed by atoms with E-state index in [2.05, 4.69) is 15.6 Å². The standard InChI is InChI=1S/C22H20N4O3S/c27-18(15-6-2-1-3-7-15)13-23-20(28)14-24-21(29)16-8-9-17-19(12-16)30-22(25-17)26-10-4-5-11-26/h1-12,18,27H,13-14H2,(H,23,28)(H,24,29)/t18-/m0/s1. The molecule has 0 bridgehead atoms. The van der Waals surface area contributed by atoms with Crippen molar-refractivity contribution in [3.63, 3.8) is 0 Å². The molecule has 2 heterocycles. The van der Waals surface area contributed by atoms with Gasteiger partial charge in [-0.1, -0.05) is 41.7 Å². The predicted octanol–water partition coefficient (Wildman–Crippen LogP) is 2.67. The summed E-state index contributed by atoms with van der Waals surface area (Å²) >= 11 is 1.48. The van der Waals surface area contributed by atoms with E-state index < -0.39 is 6.10 Å². The summed E-state index contributed by atoms with van der Waals surface area (Å²) in [5.41, 5.74) is 1.99. The van der Waals surface area contributed by atoms with Crippen LogP contribution in [0.25, 0.3) is 15.3 Å². The number of fused-ring (bicyclic) bond motifs is 1. The van der Waals surface area contributed by atoms with Gasteiger partial charge >= 0.3 is 0 Å². The summed E-state index contributed by atoms with van der Waals surface area (Å²) in [5.74, 6) is -0.710. The number of carbonyl (C=O) groups excluding carboxylic acids is 2. The summed E-state index contributed by atoms with van der Waals surface area (Å²) in [6, 6.07) is 18.2. The normalized spacial score (nSPS) is 11.9. The second kappa shape index (κ2) is 8.89. The van der Waals surface area contributed by atoms with Gasteiger partial charge in [-0.2, -0.15) is 0 Å². The molecule has 0 aliphatic rings. The first kappa shape index (κ1) is 19.8. The molecule has 2 aromatic carbocycles. The van der Waals surface area contributed by atoms with Crippen LogP contribution in [0.5, 0.6) is 0 Å². The molecule has 152 valence electrons. The number of aliphatic hydroxyl groups excluding tert-OH is 1. The van der Waals surface area contributed by atoms with Crippen LogP contribution >= 0.6 is 11.3 Å². The molecule has 0 saturated heterocycles. The fourth-order valence-corrected chi connectivity index (χ4v) is 3.93. The molecule has 8 heteroatoms. The second-order valence-corrected chi connectivity index (χ2v) is 7.69. The van der Waals surface area contributed by atoms with Crippen LogP contribution in [0.4, 0.5) is 0 Å². The topological polar surface area (TPSA) is 96.2 Å². The van der Waals surface area contributed by atoms with E-state index >= 15 is 0 Å². The van der Waals surface area contributed by atoms with Gasteiger partial charge in [-0.25, -0.2) is 4.98 Å². The highest BCUT2D eigenvalue weighted by Crippen LogP contribution is 2.26. The van der Waals surface area contributed by atoms with Crippen LogP contribution in [0.15, 0.2) is 73.1 Å². The second-order valence-electron chi connectivity index (χ2n) is 6.68. The van der Waals surface area contributed by atoms with Crippen molar-refractivity contribution < 1.29 is 14.7 Å². The Hall–Kier alpha value is -3.49. The third kappa shape index (κ3) is 4.56. The quantitative estimate of drug-likeness (QED) is 0.428. The van der Waals surface area contributed by atoms with Crippen LogP contribution in [-0.2, 0) is 4.79 Å². The van der Waals surface area contributed by atoms with Gasteiger partial charge in [0.15, 0.2) is 5.13 Å². The Morgan fingerprint density at radius 2 is 1.80 bits per heavy atom. The van der Waals surface area contributed by atoms with E-state index in [1.165, 1.54) is 11.3 Å². The van der Waals surface area contributed by atoms with E-state index in [1.54, 1.807) is 30.3 Å². The van der Waals surface area contributed by atoms with E-state index in [9.17, 15) is 14.7 Å². The highest BCUT2D eigenvalue weighted by molar-refractivity contribution is 7.20. The van der Waals surface area contributed by atoms with E-state index in [-0.39, 0.29) is 24.9 Å². The van der Waals surface area contributed by atoms with Crippen LogP contribution in [-0.4, -0.2) is 39.6 Å². The number of nitrogens with zero attached hydrogens (tertiary/aromatic N) is 2. The number of aromatic nitrogens is 2. The van der Waals surface area contributed by atoms with Gasteiger partial charge in [0.25, 0.3) is 5.91 Å². The zero-order valence-electron chi connectivity index (χ0n) is 16.0. The fraction of sp³-hybridized carbons (Fsp3) is 0.136. The molecular formula is C22H20N4O3S. The zero-order chi connectivity index (χ0) is 20.9. The minimum absolute atomic E-state index is 0.0771. The van der Waals surface area contributed by atoms with Gasteiger partial charge in [0, 0.05) is 24.5 Å². The van der Waals surface area contributed by atoms with E-state index in [4.69, 9.17) is 0 Å². The van der Waals surface area contributed by atoms with Gasteiger partial charge in [0.1, 0.15) is 0 Å². The smallest absolute Gasteiger partial charge is 0.251 e. The number of rotatable bonds is 7. The Kier molecular flexibility index (Phi) is 5.87. The van der Waals surface area contributed by atoms with Crippen molar-refractivity contribution in [3.05, 3.63) is 84.2 Å². The van der Waals surface area contributed by atoms with Gasteiger partial charge in [0.2, 0.25) is 5.91 Å². The number of thiazole rings is 1. The summed E-state index contributed by atoms with van der Waals surface area (Å²) in [7, 11) is 0. The lowest BCUT2D eigenvalue weighted by Gasteiger charge is -2.12. The molecule has 4 aromatic rings. The first-order chi connectivity index (χ1) is 14.6. The van der Waals surface area contributed by atoms with Crippen LogP contribution in [0.1, 0.15) is 22.0 Å². The largest absolute Gasteiger partial charge is 0.387 e. The van der Waals surface area contributed by atoms with Crippen molar-refractivity contribution in [2.75, 3.05) is 13.1 Å². The molecule has 2 amide bonds. The Morgan fingerprint density at radius 1 is 1.03 bits per heavy atom. The lowest BCUT2D eigenvalue weighted by Crippen LogP contribution is -2.38. The van der Waals surface area contributed by atoms with E-state index in [0.717, 1.165) is 20.9 Å². The maximum atomic E-state index is 12.4. The molecule has 0 fully saturated rings. The lowest BCUT2D eigenvalue weighted by molar-refractivity contribution is -0.120. The first-order valence-corrected chi connectivity index (χ1v) is 10.2. The van der Waals surface area contributed by atoms with Gasteiger partial charge in [-0.05, 0) is 35.9 Å². The summed E-state index contributed by atoms with van der Waals surface area (Å²) in [5, 5.41) is 16.1. The van der Waals surface area contributed by atoms with Crippen LogP contribution in [0, 0.1) is 0 Å². The van der Waals surface area contributed by atoms with Gasteiger partial charge in [-0.15, -0.1) is 0 Å². The van der Waals surface area contributed by atoms with Crippen LogP contribution in [0.2, 0.25) is 0 Å². The highest BCUT2D eigenvalue weighted by atomic mass is 32.1. The Bertz CT molecular complexity index is 1160. The number of nitrogens with one attached hydrogen (secondary N) is 2. The number of benzene rings is 2. The Balaban J connectivity index is 1.32. The third-order valence-electron chi connectivity index (χ3n) is 4.55. The molecule has 0 saturated carbocycles. The van der Waals surface area contributed by atoms with Gasteiger partial charge in [0.05, 0.1) is 22.9 Å². The average Bonchev–Trinajstić information content (AvgIpc) is 3.45. The van der Waals surface area contributed by atoms with Gasteiger partial charge in [-0.3, -0.25) is 9.59 Å². The lowest BCUT2D eigenvalue weighted by atomic mass is 10.1. The maximum Gasteiger partial charge on any atom is 0.251 e. The Labute approximate surface area is 177 Å². The third-order valence-corrected chi connectivity index (χ3v) is 5.58. The summed E-state index contributed by atoms with van der Waals surface area (Å²) in [4.78, 5) is 29.0. The number of amides is 2. The van der Waals surface area contributed by atoms with Crippen molar-refractivity contribution in [1.82, 2.24) is 20.2 Å². The van der Waals surface area contributed by atoms with E-state index in [0.29, 0.717) is 5.56 Å². The predicted molar refractivity (Wildman–Crippen MR) is 116 cm³/mol. The minimum atomic E-state index is -0.797. The number of hydrogen-bond acceptors (Lipinski definition) is 5. The van der Waals surface area contributed by atoms with Crippen LogP contribution in [0.3, 0.4) is 0 Å². The van der Waals surface area contributed by atoms with Crippen molar-refractivity contribution >= 4 is 33.4 Å². The van der Waals surface area contributed by atoms with E-state index in [1.807, 2.05) is 47.3 Å². The minimum Gasteiger partial charge on any atom is -0.387 e. The first-order valence-electron chi connectivity index (χ1n) is 9.42. The molecule has 0 radical (unpaired) electrons. The molecule has 2 aromatic heterocycles. The molecule has 0 spiro atoms. The Morgan fingerprint density at radius 3 is 2.57 bits per heavy atom. The molecule has 7 nitrogen and oxygen atoms in total. The van der Waals surface area contributed by atoms with Crippen molar-refractivity contribution in [2.45, 2.75) is 6.10 Å². The fourth-order valence-electron chi connectivity index (χ4n) is 2.95. The van der Waals surface area contributed by atoms with Crippen molar-refractivity contribution in [1.29, 1.82) is 0 Å². The number of carbonyl (C=O) groups is 2. The molecular weight excluding hydrogens is 400 g/mol.